The second kappa shape index (κ2) is 15.0. The molecule has 0 spiro atoms. The second-order valence-electron chi connectivity index (χ2n) is 13.0. The molecule has 243 valence electrons. The SMILES string of the molecule is CO[C@@H]1[C@H](O)[C@@H](CO[Si](O[Si](C(C)C)C(C)C)(C(C)C)C(C)C)C[C@H]1Nc1nc(SC)nc(C)c1-c1nc2cnccc2s1. The summed E-state index contributed by atoms with van der Waals surface area (Å²) in [5, 5.41) is 16.7. The van der Waals surface area contributed by atoms with Crippen LogP contribution in [0.5, 0.6) is 0 Å². The van der Waals surface area contributed by atoms with Gasteiger partial charge in [-0.2, -0.15) is 0 Å². The van der Waals surface area contributed by atoms with Crippen molar-refractivity contribution < 1.29 is 18.4 Å². The number of nitrogens with one attached hydrogen (secondary N) is 1. The van der Waals surface area contributed by atoms with Crippen LogP contribution in [0, 0.1) is 12.8 Å². The number of anilines is 1. The molecule has 1 aliphatic carbocycles. The minimum absolute atomic E-state index is 0.112. The molecule has 2 N–H and O–H groups in total. The van der Waals surface area contributed by atoms with Gasteiger partial charge in [0, 0.05) is 25.8 Å². The monoisotopic (exact) mass is 676 g/mol. The van der Waals surface area contributed by atoms with Crippen LogP contribution < -0.4 is 5.32 Å². The van der Waals surface area contributed by atoms with E-state index in [2.05, 4.69) is 65.7 Å². The number of hydrogen-bond donors (Lipinski definition) is 2. The lowest BCUT2D eigenvalue weighted by molar-refractivity contribution is -0.0205. The van der Waals surface area contributed by atoms with Crippen LogP contribution in [0.3, 0.4) is 0 Å². The van der Waals surface area contributed by atoms with Gasteiger partial charge in [-0.25, -0.2) is 15.0 Å². The van der Waals surface area contributed by atoms with Crippen molar-refractivity contribution in [3.05, 3.63) is 24.2 Å². The molecule has 4 atom stereocenters. The number of ether oxygens (including phenoxy) is 1. The molecule has 3 heterocycles. The van der Waals surface area contributed by atoms with Gasteiger partial charge in [0.1, 0.15) is 22.4 Å². The van der Waals surface area contributed by atoms with E-state index in [9.17, 15) is 5.11 Å². The number of thiazole rings is 1. The summed E-state index contributed by atoms with van der Waals surface area (Å²) in [4.78, 5) is 18.7. The van der Waals surface area contributed by atoms with Gasteiger partial charge < -0.3 is 23.7 Å². The summed E-state index contributed by atoms with van der Waals surface area (Å²) in [5.74, 6) is 0.589. The van der Waals surface area contributed by atoms with Crippen molar-refractivity contribution in [2.75, 3.05) is 25.3 Å². The van der Waals surface area contributed by atoms with E-state index in [4.69, 9.17) is 28.2 Å². The maximum Gasteiger partial charge on any atom is 0.333 e. The molecule has 0 amide bonds. The third-order valence-corrected chi connectivity index (χ3v) is 18.5. The van der Waals surface area contributed by atoms with Crippen molar-refractivity contribution in [3.8, 4) is 10.6 Å². The van der Waals surface area contributed by atoms with Gasteiger partial charge in [0.25, 0.3) is 0 Å². The van der Waals surface area contributed by atoms with Gasteiger partial charge in [0.2, 0.25) is 9.04 Å². The topological polar surface area (TPSA) is 112 Å². The Labute approximate surface area is 274 Å². The Hall–Kier alpha value is -1.46. The van der Waals surface area contributed by atoms with Crippen LogP contribution >= 0.6 is 23.1 Å². The number of hydrogen-bond acceptors (Lipinski definition) is 11. The maximum atomic E-state index is 11.5. The fourth-order valence-corrected chi connectivity index (χ4v) is 17.1. The standard InChI is InChI=1S/C31H50N5O4S2Si2/c1-17(2)43(18(3)4)40-44(19(5)6,20(7)8)39-16-22-14-23(28(38-10)27(22)37)34-29-26(21(9)33-31(36-29)41-11)30-35-24-15-32-13-12-25(24)42-30/h12-13,15,17-20,22-23,27-28,37H,14,16H2,1-11H3,(H,33,34,36)/t22-,23-,27-,28+/m1/s1. The predicted octanol–water partition coefficient (Wildman–Crippen LogP) is 7.46. The Morgan fingerprint density at radius 2 is 1.77 bits per heavy atom. The van der Waals surface area contributed by atoms with Gasteiger partial charge in [-0.1, -0.05) is 67.2 Å². The Bertz CT molecular complexity index is 1340. The third kappa shape index (κ3) is 7.40. The van der Waals surface area contributed by atoms with Gasteiger partial charge >= 0.3 is 8.56 Å². The molecule has 1 fully saturated rings. The summed E-state index contributed by atoms with van der Waals surface area (Å²) in [6.45, 7) is 20.4. The molecule has 0 saturated heterocycles. The molecule has 0 aromatic carbocycles. The van der Waals surface area contributed by atoms with Gasteiger partial charge in [0.15, 0.2) is 5.16 Å². The summed E-state index contributed by atoms with van der Waals surface area (Å²) in [5.41, 5.74) is 4.10. The highest BCUT2D eigenvalue weighted by atomic mass is 32.2. The van der Waals surface area contributed by atoms with E-state index in [0.29, 0.717) is 35.1 Å². The van der Waals surface area contributed by atoms with Crippen LogP contribution in [-0.2, 0) is 13.3 Å². The van der Waals surface area contributed by atoms with Gasteiger partial charge in [-0.05, 0) is 47.8 Å². The highest BCUT2D eigenvalue weighted by molar-refractivity contribution is 7.98. The highest BCUT2D eigenvalue weighted by Gasteiger charge is 2.50. The van der Waals surface area contributed by atoms with Gasteiger partial charge in [0.05, 0.1) is 34.3 Å². The molecular weight excluding hydrogens is 627 g/mol. The molecule has 1 saturated carbocycles. The van der Waals surface area contributed by atoms with Gasteiger partial charge in [-0.15, -0.1) is 11.3 Å². The minimum Gasteiger partial charge on any atom is -0.435 e. The van der Waals surface area contributed by atoms with Crippen molar-refractivity contribution >= 4 is 56.7 Å². The number of rotatable bonds is 14. The number of aliphatic hydroxyl groups excluding tert-OH is 1. The zero-order chi connectivity index (χ0) is 32.3. The number of thioether (sulfide) groups is 1. The molecular formula is C31H50N5O4S2Si2. The van der Waals surface area contributed by atoms with E-state index >= 15 is 0 Å². The van der Waals surface area contributed by atoms with E-state index in [1.807, 2.05) is 19.2 Å². The molecule has 9 nitrogen and oxygen atoms in total. The lowest BCUT2D eigenvalue weighted by atomic mass is 10.1. The Morgan fingerprint density at radius 1 is 1.09 bits per heavy atom. The fraction of sp³-hybridized carbons (Fsp3) is 0.677. The quantitative estimate of drug-likeness (QED) is 0.101. The van der Waals surface area contributed by atoms with Crippen molar-refractivity contribution in [1.82, 2.24) is 19.9 Å². The first-order valence-corrected chi connectivity index (χ1v) is 21.2. The fourth-order valence-electron chi connectivity index (χ4n) is 6.37. The molecule has 3 aromatic rings. The molecule has 44 heavy (non-hydrogen) atoms. The van der Waals surface area contributed by atoms with Crippen molar-refractivity contribution in [2.45, 2.75) is 114 Å². The lowest BCUT2D eigenvalue weighted by Gasteiger charge is -2.42. The zero-order valence-corrected chi connectivity index (χ0v) is 31.7. The average molecular weight is 677 g/mol. The smallest absolute Gasteiger partial charge is 0.333 e. The summed E-state index contributed by atoms with van der Waals surface area (Å²) in [6.07, 6.45) is 5.09. The normalized spacial score (nSPS) is 21.2. The van der Waals surface area contributed by atoms with E-state index in [-0.39, 0.29) is 23.0 Å². The maximum absolute atomic E-state index is 11.5. The molecule has 1 radical (unpaired) electrons. The summed E-state index contributed by atoms with van der Waals surface area (Å²) in [6, 6.07) is 1.80. The van der Waals surface area contributed by atoms with E-state index in [1.165, 1.54) is 11.8 Å². The van der Waals surface area contributed by atoms with E-state index in [0.717, 1.165) is 26.5 Å². The van der Waals surface area contributed by atoms with Crippen LogP contribution in [0.2, 0.25) is 22.2 Å². The number of aromatic nitrogens is 4. The number of nitrogens with zero attached hydrogens (tertiary/aromatic N) is 4. The number of aliphatic hydroxyl groups is 1. The van der Waals surface area contributed by atoms with Gasteiger partial charge in [-0.3, -0.25) is 4.98 Å². The average Bonchev–Trinajstić information content (AvgIpc) is 3.51. The Morgan fingerprint density at radius 3 is 2.34 bits per heavy atom. The van der Waals surface area contributed by atoms with Crippen molar-refractivity contribution in [1.29, 1.82) is 0 Å². The third-order valence-electron chi connectivity index (χ3n) is 8.57. The largest absolute Gasteiger partial charge is 0.435 e. The minimum atomic E-state index is -2.62. The molecule has 0 aliphatic heterocycles. The Balaban J connectivity index is 1.61. The molecule has 0 bridgehead atoms. The number of aryl methyl sites for hydroxylation is 1. The number of fused-ring (bicyclic) bond motifs is 1. The van der Waals surface area contributed by atoms with Crippen molar-refractivity contribution in [2.24, 2.45) is 5.92 Å². The van der Waals surface area contributed by atoms with Crippen LogP contribution in [0.15, 0.2) is 23.6 Å². The summed E-state index contributed by atoms with van der Waals surface area (Å²) in [7, 11) is -2.04. The van der Waals surface area contributed by atoms with E-state index in [1.54, 1.807) is 30.8 Å². The van der Waals surface area contributed by atoms with E-state index < -0.39 is 29.8 Å². The lowest BCUT2D eigenvalue weighted by Crippen LogP contribution is -2.54. The van der Waals surface area contributed by atoms with Crippen LogP contribution in [0.25, 0.3) is 20.8 Å². The van der Waals surface area contributed by atoms with Crippen LogP contribution in [-0.4, -0.2) is 80.9 Å². The molecule has 13 heteroatoms. The van der Waals surface area contributed by atoms with Crippen LogP contribution in [0.1, 0.15) is 67.5 Å². The second-order valence-corrected chi connectivity index (χ2v) is 22.8. The zero-order valence-electron chi connectivity index (χ0n) is 28.0. The molecule has 0 unspecified atom stereocenters. The number of methoxy groups -OCH3 is 1. The predicted molar refractivity (Wildman–Crippen MR) is 186 cm³/mol. The molecule has 3 aromatic heterocycles. The number of pyridine rings is 1. The highest BCUT2D eigenvalue weighted by Crippen LogP contribution is 2.42. The first-order valence-electron chi connectivity index (χ1n) is 15.6. The summed E-state index contributed by atoms with van der Waals surface area (Å²) >= 11 is 3.10. The Kier molecular flexibility index (Phi) is 12.0. The van der Waals surface area contributed by atoms with Crippen LogP contribution in [0.4, 0.5) is 5.82 Å². The first-order chi connectivity index (χ1) is 20.8. The molecule has 1 aliphatic rings. The summed E-state index contributed by atoms with van der Waals surface area (Å²) < 4.78 is 21.1. The van der Waals surface area contributed by atoms with Crippen molar-refractivity contribution in [3.63, 3.8) is 0 Å². The molecule has 4 rings (SSSR count). The first kappa shape index (κ1) is 35.4.